The van der Waals surface area contributed by atoms with Crippen molar-refractivity contribution in [2.45, 2.75) is 108 Å². The molecule has 0 fully saturated rings. The molecule has 0 aromatic heterocycles. The summed E-state index contributed by atoms with van der Waals surface area (Å²) in [6, 6.07) is -0.996. The Hall–Kier alpha value is -1.05. The Bertz CT molecular complexity index is 458. The highest BCUT2D eigenvalue weighted by Crippen LogP contribution is 2.21. The zero-order valence-corrected chi connectivity index (χ0v) is 18.7. The van der Waals surface area contributed by atoms with Gasteiger partial charge in [0.25, 0.3) is 0 Å². The number of aliphatic hydroxyl groups is 1. The molecule has 0 aliphatic heterocycles. The van der Waals surface area contributed by atoms with Crippen molar-refractivity contribution in [1.29, 1.82) is 0 Å². The first kappa shape index (κ1) is 27.9. The van der Waals surface area contributed by atoms with Crippen LogP contribution >= 0.6 is 11.8 Å². The zero-order valence-electron chi connectivity index (χ0n) is 17.9. The van der Waals surface area contributed by atoms with Gasteiger partial charge in [-0.1, -0.05) is 76.9 Å². The number of carboxylic acid groups (broad SMARTS) is 2. The quantitative estimate of drug-likeness (QED) is 0.164. The molecule has 0 aromatic carbocycles. The van der Waals surface area contributed by atoms with Crippen molar-refractivity contribution in [3.8, 4) is 0 Å². The van der Waals surface area contributed by atoms with E-state index in [1.165, 1.54) is 69.5 Å². The molecule has 170 valence electrons. The number of hydrogen-bond donors (Lipinski definition) is 4. The van der Waals surface area contributed by atoms with E-state index in [2.05, 4.69) is 6.92 Å². The molecule has 0 aliphatic rings. The third-order valence-corrected chi connectivity index (χ3v) is 6.28. The SMILES string of the molecule is CCCCCCCCCCCCC=C[C@@H](SCC(N)C(=O)O)[C@@H](O)CCC(=O)O. The van der Waals surface area contributed by atoms with Crippen LogP contribution in [0.25, 0.3) is 0 Å². The van der Waals surface area contributed by atoms with E-state index in [-0.39, 0.29) is 23.8 Å². The molecule has 0 amide bonds. The van der Waals surface area contributed by atoms with Gasteiger partial charge < -0.3 is 21.1 Å². The van der Waals surface area contributed by atoms with E-state index in [0.717, 1.165) is 12.8 Å². The first-order chi connectivity index (χ1) is 13.9. The molecule has 0 radical (unpaired) electrons. The average molecular weight is 432 g/mol. The number of unbranched alkanes of at least 4 members (excludes halogenated alkanes) is 10. The molecular weight excluding hydrogens is 390 g/mol. The number of aliphatic hydroxyl groups excluding tert-OH is 1. The molecule has 5 N–H and O–H groups in total. The monoisotopic (exact) mass is 431 g/mol. The number of carbonyl (C=O) groups is 2. The van der Waals surface area contributed by atoms with Crippen LogP contribution in [0.5, 0.6) is 0 Å². The van der Waals surface area contributed by atoms with Gasteiger partial charge in [0.2, 0.25) is 0 Å². The van der Waals surface area contributed by atoms with Crippen LogP contribution in [0.2, 0.25) is 0 Å². The number of carboxylic acids is 2. The smallest absolute Gasteiger partial charge is 0.321 e. The first-order valence-corrected chi connectivity index (χ1v) is 12.1. The number of allylic oxidation sites excluding steroid dienone is 1. The fourth-order valence-corrected chi connectivity index (χ4v) is 4.15. The Kier molecular flexibility index (Phi) is 18.3. The second-order valence-electron chi connectivity index (χ2n) is 7.64. The summed E-state index contributed by atoms with van der Waals surface area (Å²) in [5.41, 5.74) is 5.54. The van der Waals surface area contributed by atoms with Crippen LogP contribution in [-0.4, -0.2) is 50.4 Å². The van der Waals surface area contributed by atoms with Gasteiger partial charge in [0.05, 0.1) is 6.10 Å². The highest BCUT2D eigenvalue weighted by Gasteiger charge is 2.21. The minimum atomic E-state index is -1.08. The molecule has 7 heteroatoms. The van der Waals surface area contributed by atoms with Crippen LogP contribution in [-0.2, 0) is 9.59 Å². The standard InChI is InChI=1S/C22H41NO5S/c1-2-3-4-5-6-7-8-9-10-11-12-13-14-20(19(24)15-16-21(25)26)29-17-18(23)22(27)28/h13-14,18-20,24H,2-12,15-17,23H2,1H3,(H,25,26)(H,27,28)/t18?,19-,20+/m0/s1. The van der Waals surface area contributed by atoms with Crippen LogP contribution in [0.15, 0.2) is 12.2 Å². The second kappa shape index (κ2) is 18.9. The van der Waals surface area contributed by atoms with Gasteiger partial charge in [-0.05, 0) is 19.3 Å². The summed E-state index contributed by atoms with van der Waals surface area (Å²) in [4.78, 5) is 21.6. The number of hydrogen-bond acceptors (Lipinski definition) is 5. The molecule has 0 spiro atoms. The van der Waals surface area contributed by atoms with Crippen molar-refractivity contribution in [3.05, 3.63) is 12.2 Å². The normalized spacial score (nSPS) is 14.7. The molecule has 0 rings (SSSR count). The van der Waals surface area contributed by atoms with Crippen molar-refractivity contribution in [3.63, 3.8) is 0 Å². The number of thioether (sulfide) groups is 1. The summed E-state index contributed by atoms with van der Waals surface area (Å²) >= 11 is 1.27. The summed E-state index contributed by atoms with van der Waals surface area (Å²) in [7, 11) is 0. The number of aliphatic carboxylic acids is 2. The van der Waals surface area contributed by atoms with E-state index in [0.29, 0.717) is 0 Å². The van der Waals surface area contributed by atoms with E-state index in [1.807, 2.05) is 12.2 Å². The third kappa shape index (κ3) is 17.5. The van der Waals surface area contributed by atoms with Crippen molar-refractivity contribution >= 4 is 23.7 Å². The zero-order chi connectivity index (χ0) is 21.9. The molecule has 1 unspecified atom stereocenters. The van der Waals surface area contributed by atoms with E-state index in [4.69, 9.17) is 15.9 Å². The summed E-state index contributed by atoms with van der Waals surface area (Å²) in [5, 5.41) is 27.6. The van der Waals surface area contributed by atoms with Gasteiger partial charge in [-0.2, -0.15) is 0 Å². The summed E-state index contributed by atoms with van der Waals surface area (Å²) in [6.07, 6.45) is 16.8. The van der Waals surface area contributed by atoms with Crippen LogP contribution < -0.4 is 5.73 Å². The van der Waals surface area contributed by atoms with Crippen LogP contribution in [0.1, 0.15) is 90.4 Å². The molecule has 0 saturated heterocycles. The Morgan fingerprint density at radius 1 is 0.966 bits per heavy atom. The van der Waals surface area contributed by atoms with E-state index >= 15 is 0 Å². The van der Waals surface area contributed by atoms with Gasteiger partial charge in [-0.15, -0.1) is 11.8 Å². The summed E-state index contributed by atoms with van der Waals surface area (Å²) in [6.45, 7) is 2.23. The van der Waals surface area contributed by atoms with Crippen molar-refractivity contribution in [1.82, 2.24) is 0 Å². The Morgan fingerprint density at radius 3 is 2.03 bits per heavy atom. The predicted molar refractivity (Wildman–Crippen MR) is 120 cm³/mol. The lowest BCUT2D eigenvalue weighted by atomic mass is 10.1. The van der Waals surface area contributed by atoms with Gasteiger partial charge in [0, 0.05) is 17.4 Å². The molecular formula is C22H41NO5S. The van der Waals surface area contributed by atoms with Crippen LogP contribution in [0.4, 0.5) is 0 Å². The van der Waals surface area contributed by atoms with Gasteiger partial charge in [-0.3, -0.25) is 9.59 Å². The average Bonchev–Trinajstić information content (AvgIpc) is 2.68. The number of rotatable bonds is 20. The predicted octanol–water partition coefficient (Wildman–Crippen LogP) is 4.59. The lowest BCUT2D eigenvalue weighted by Crippen LogP contribution is -2.34. The summed E-state index contributed by atoms with van der Waals surface area (Å²) < 4.78 is 0. The Balaban J connectivity index is 4.09. The molecule has 0 bridgehead atoms. The molecule has 3 atom stereocenters. The van der Waals surface area contributed by atoms with Crippen molar-refractivity contribution in [2.24, 2.45) is 5.73 Å². The maximum atomic E-state index is 10.9. The lowest BCUT2D eigenvalue weighted by molar-refractivity contribution is -0.138. The maximum absolute atomic E-state index is 10.9. The van der Waals surface area contributed by atoms with Crippen LogP contribution in [0, 0.1) is 0 Å². The topological polar surface area (TPSA) is 121 Å². The fourth-order valence-electron chi connectivity index (χ4n) is 3.00. The van der Waals surface area contributed by atoms with Gasteiger partial charge in [-0.25, -0.2) is 0 Å². The minimum absolute atomic E-state index is 0.116. The molecule has 0 heterocycles. The number of nitrogens with two attached hydrogens (primary N) is 1. The van der Waals surface area contributed by atoms with Crippen molar-refractivity contribution in [2.75, 3.05) is 5.75 Å². The van der Waals surface area contributed by atoms with Gasteiger partial charge in [0.15, 0.2) is 0 Å². The molecule has 29 heavy (non-hydrogen) atoms. The Morgan fingerprint density at radius 2 is 1.52 bits per heavy atom. The van der Waals surface area contributed by atoms with E-state index in [1.54, 1.807) is 0 Å². The largest absolute Gasteiger partial charge is 0.481 e. The highest BCUT2D eigenvalue weighted by atomic mass is 32.2. The van der Waals surface area contributed by atoms with Gasteiger partial charge >= 0.3 is 11.9 Å². The van der Waals surface area contributed by atoms with E-state index in [9.17, 15) is 14.7 Å². The molecule has 0 saturated carbocycles. The molecule has 0 aliphatic carbocycles. The van der Waals surface area contributed by atoms with E-state index < -0.39 is 24.1 Å². The summed E-state index contributed by atoms with van der Waals surface area (Å²) in [5.74, 6) is -1.86. The fraction of sp³-hybridized carbons (Fsp3) is 0.818. The highest BCUT2D eigenvalue weighted by molar-refractivity contribution is 8.00. The minimum Gasteiger partial charge on any atom is -0.481 e. The lowest BCUT2D eigenvalue weighted by Gasteiger charge is -2.20. The molecule has 6 nitrogen and oxygen atoms in total. The maximum Gasteiger partial charge on any atom is 0.321 e. The first-order valence-electron chi connectivity index (χ1n) is 11.0. The Labute approximate surface area is 180 Å². The van der Waals surface area contributed by atoms with Crippen molar-refractivity contribution < 1.29 is 24.9 Å². The molecule has 0 aromatic rings. The second-order valence-corrected chi connectivity index (χ2v) is 8.85. The van der Waals surface area contributed by atoms with Crippen LogP contribution in [0.3, 0.4) is 0 Å². The van der Waals surface area contributed by atoms with Gasteiger partial charge in [0.1, 0.15) is 6.04 Å². The third-order valence-electron chi connectivity index (χ3n) is 4.87.